The third kappa shape index (κ3) is 7.57. The molecule has 1 aromatic carbocycles. The van der Waals surface area contributed by atoms with Gasteiger partial charge in [-0.15, -0.1) is 12.4 Å². The van der Waals surface area contributed by atoms with Gasteiger partial charge in [-0.1, -0.05) is 38.1 Å². The van der Waals surface area contributed by atoms with Gasteiger partial charge in [-0.25, -0.2) is 0 Å². The monoisotopic (exact) mass is 326 g/mol. The average molecular weight is 327 g/mol. The fourth-order valence-electron chi connectivity index (χ4n) is 2.07. The van der Waals surface area contributed by atoms with Crippen LogP contribution < -0.4 is 10.6 Å². The van der Waals surface area contributed by atoms with Crippen molar-refractivity contribution in [3.05, 3.63) is 35.4 Å². The zero-order valence-electron chi connectivity index (χ0n) is 13.6. The fourth-order valence-corrected chi connectivity index (χ4v) is 2.07. The van der Waals surface area contributed by atoms with Crippen LogP contribution in [0, 0.1) is 0 Å². The average Bonchev–Trinajstić information content (AvgIpc) is 2.51. The van der Waals surface area contributed by atoms with E-state index in [1.807, 2.05) is 38.1 Å². The van der Waals surface area contributed by atoms with Crippen molar-refractivity contribution in [1.29, 1.82) is 0 Å². The van der Waals surface area contributed by atoms with E-state index in [4.69, 9.17) is 0 Å². The number of hydrogen-bond donors (Lipinski definition) is 2. The summed E-state index contributed by atoms with van der Waals surface area (Å²) in [5, 5.41) is 6.06. The second-order valence-corrected chi connectivity index (χ2v) is 5.24. The molecule has 0 saturated carbocycles. The lowest BCUT2D eigenvalue weighted by Gasteiger charge is -2.13. The molecular weight excluding hydrogens is 300 g/mol. The van der Waals surface area contributed by atoms with E-state index in [9.17, 15) is 9.59 Å². The van der Waals surface area contributed by atoms with E-state index >= 15 is 0 Å². The normalized spacial score (nSPS) is 11.4. The smallest absolute Gasteiger partial charge is 0.220 e. The van der Waals surface area contributed by atoms with E-state index in [1.165, 1.54) is 5.56 Å². The van der Waals surface area contributed by atoms with E-state index in [1.54, 1.807) is 0 Å². The Balaban J connectivity index is 0.00000441. The molecule has 0 aromatic heterocycles. The molecule has 0 radical (unpaired) electrons. The Kier molecular flexibility index (Phi) is 10.5. The maximum Gasteiger partial charge on any atom is 0.220 e. The highest BCUT2D eigenvalue weighted by Crippen LogP contribution is 2.08. The standard InChI is InChI=1S/C17H26N2O2.ClH/c1-4-14-6-8-15(9-7-14)16(20)10-11-17(21)19-12-13(3)18-5-2;/h6-9,13,18H,4-5,10-12H2,1-3H3,(H,19,21);1H/t13-;/m1./s1. The Morgan fingerprint density at radius 1 is 1.09 bits per heavy atom. The van der Waals surface area contributed by atoms with Crippen LogP contribution >= 0.6 is 12.4 Å². The lowest BCUT2D eigenvalue weighted by atomic mass is 10.0. The summed E-state index contributed by atoms with van der Waals surface area (Å²) >= 11 is 0. The van der Waals surface area contributed by atoms with Gasteiger partial charge in [0, 0.05) is 31.0 Å². The van der Waals surface area contributed by atoms with Crippen molar-refractivity contribution in [3.8, 4) is 0 Å². The predicted molar refractivity (Wildman–Crippen MR) is 92.8 cm³/mol. The number of hydrogen-bond acceptors (Lipinski definition) is 3. The summed E-state index contributed by atoms with van der Waals surface area (Å²) < 4.78 is 0. The summed E-state index contributed by atoms with van der Waals surface area (Å²) in [6.07, 6.45) is 1.46. The lowest BCUT2D eigenvalue weighted by molar-refractivity contribution is -0.121. The summed E-state index contributed by atoms with van der Waals surface area (Å²) in [7, 11) is 0. The third-order valence-electron chi connectivity index (χ3n) is 3.42. The Morgan fingerprint density at radius 2 is 1.73 bits per heavy atom. The first kappa shape index (κ1) is 20.6. The topological polar surface area (TPSA) is 58.2 Å². The van der Waals surface area contributed by atoms with Crippen molar-refractivity contribution in [2.45, 2.75) is 46.1 Å². The molecule has 0 aliphatic carbocycles. The van der Waals surface area contributed by atoms with Crippen LogP contribution in [0.2, 0.25) is 0 Å². The zero-order chi connectivity index (χ0) is 15.7. The van der Waals surface area contributed by atoms with Crippen LogP contribution in [0.5, 0.6) is 0 Å². The second kappa shape index (κ2) is 11.2. The van der Waals surface area contributed by atoms with Gasteiger partial charge in [0.1, 0.15) is 0 Å². The van der Waals surface area contributed by atoms with E-state index in [2.05, 4.69) is 17.6 Å². The van der Waals surface area contributed by atoms with Crippen LogP contribution in [0.1, 0.15) is 49.5 Å². The molecule has 2 N–H and O–H groups in total. The van der Waals surface area contributed by atoms with Gasteiger partial charge in [-0.2, -0.15) is 0 Å². The Labute approximate surface area is 139 Å². The minimum atomic E-state index is -0.0710. The van der Waals surface area contributed by atoms with Crippen LogP contribution in [0.3, 0.4) is 0 Å². The molecule has 0 heterocycles. The summed E-state index contributed by atoms with van der Waals surface area (Å²) in [5.41, 5.74) is 1.89. The molecule has 124 valence electrons. The van der Waals surface area contributed by atoms with E-state index < -0.39 is 0 Å². The van der Waals surface area contributed by atoms with Crippen LogP contribution in [0.4, 0.5) is 0 Å². The highest BCUT2D eigenvalue weighted by Gasteiger charge is 2.10. The minimum absolute atomic E-state index is 0. The number of halogens is 1. The van der Waals surface area contributed by atoms with E-state index in [-0.39, 0.29) is 43.0 Å². The molecule has 1 amide bonds. The fraction of sp³-hybridized carbons (Fsp3) is 0.529. The van der Waals surface area contributed by atoms with Crippen molar-refractivity contribution < 1.29 is 9.59 Å². The first-order chi connectivity index (χ1) is 10.1. The molecule has 0 aliphatic rings. The number of carbonyl (C=O) groups excluding carboxylic acids is 2. The molecular formula is C17H27ClN2O2. The van der Waals surface area contributed by atoms with E-state index in [0.29, 0.717) is 12.1 Å². The van der Waals surface area contributed by atoms with Crippen molar-refractivity contribution >= 4 is 24.1 Å². The van der Waals surface area contributed by atoms with Crippen LogP contribution in [0.15, 0.2) is 24.3 Å². The van der Waals surface area contributed by atoms with Crippen molar-refractivity contribution in [1.82, 2.24) is 10.6 Å². The summed E-state index contributed by atoms with van der Waals surface area (Å²) in [5.74, 6) is -0.0502. The first-order valence-electron chi connectivity index (χ1n) is 7.69. The summed E-state index contributed by atoms with van der Waals surface area (Å²) in [6.45, 7) is 7.59. The number of ketones is 1. The van der Waals surface area contributed by atoms with Gasteiger partial charge in [-0.3, -0.25) is 9.59 Å². The lowest BCUT2D eigenvalue weighted by Crippen LogP contribution is -2.38. The molecule has 0 aliphatic heterocycles. The molecule has 0 bridgehead atoms. The third-order valence-corrected chi connectivity index (χ3v) is 3.42. The number of nitrogens with one attached hydrogen (secondary N) is 2. The largest absolute Gasteiger partial charge is 0.355 e. The van der Waals surface area contributed by atoms with Crippen LogP contribution in [-0.4, -0.2) is 30.8 Å². The maximum absolute atomic E-state index is 12.0. The van der Waals surface area contributed by atoms with Gasteiger partial charge >= 0.3 is 0 Å². The number of rotatable bonds is 9. The highest BCUT2D eigenvalue weighted by atomic mass is 35.5. The van der Waals surface area contributed by atoms with E-state index in [0.717, 1.165) is 13.0 Å². The maximum atomic E-state index is 12.0. The van der Waals surface area contributed by atoms with Gasteiger partial charge in [0.05, 0.1) is 0 Å². The van der Waals surface area contributed by atoms with Gasteiger partial charge in [0.25, 0.3) is 0 Å². The van der Waals surface area contributed by atoms with Crippen LogP contribution in [-0.2, 0) is 11.2 Å². The van der Waals surface area contributed by atoms with Crippen LogP contribution in [0.25, 0.3) is 0 Å². The van der Waals surface area contributed by atoms with Gasteiger partial charge < -0.3 is 10.6 Å². The van der Waals surface area contributed by atoms with Gasteiger partial charge in [0.2, 0.25) is 5.91 Å². The second-order valence-electron chi connectivity index (χ2n) is 5.24. The SMILES string of the molecule is CCN[C@H](C)CNC(=O)CCC(=O)c1ccc(CC)cc1.Cl. The Morgan fingerprint density at radius 3 is 2.27 bits per heavy atom. The summed E-state index contributed by atoms with van der Waals surface area (Å²) in [4.78, 5) is 23.7. The first-order valence-corrected chi connectivity index (χ1v) is 7.69. The quantitative estimate of drug-likeness (QED) is 0.686. The molecule has 0 saturated heterocycles. The molecule has 22 heavy (non-hydrogen) atoms. The van der Waals surface area contributed by atoms with Crippen molar-refractivity contribution in [3.63, 3.8) is 0 Å². The molecule has 0 fully saturated rings. The molecule has 1 atom stereocenters. The number of benzene rings is 1. The number of carbonyl (C=O) groups is 2. The molecule has 5 heteroatoms. The summed E-state index contributed by atoms with van der Waals surface area (Å²) in [6, 6.07) is 7.85. The minimum Gasteiger partial charge on any atom is -0.355 e. The van der Waals surface area contributed by atoms with Gasteiger partial charge in [-0.05, 0) is 25.5 Å². The molecule has 1 rings (SSSR count). The number of aryl methyl sites for hydroxylation is 1. The van der Waals surface area contributed by atoms with Crippen molar-refractivity contribution in [2.75, 3.05) is 13.1 Å². The number of amides is 1. The predicted octanol–water partition coefficient (Wildman–Crippen LogP) is 2.75. The Bertz CT molecular complexity index is 460. The molecule has 1 aromatic rings. The van der Waals surface area contributed by atoms with Crippen molar-refractivity contribution in [2.24, 2.45) is 0 Å². The zero-order valence-corrected chi connectivity index (χ0v) is 14.5. The highest BCUT2D eigenvalue weighted by molar-refractivity contribution is 5.97. The Hall–Kier alpha value is -1.39. The number of likely N-dealkylation sites (N-methyl/N-ethyl adjacent to an activating group) is 1. The van der Waals surface area contributed by atoms with Gasteiger partial charge in [0.15, 0.2) is 5.78 Å². The molecule has 4 nitrogen and oxygen atoms in total. The molecule has 0 unspecified atom stereocenters. The molecule has 0 spiro atoms. The number of Topliss-reactive ketones (excluding diaryl/α,β-unsaturated/α-hetero) is 1.